The molecule has 0 aliphatic rings. The Morgan fingerprint density at radius 2 is 1.76 bits per heavy atom. The summed E-state index contributed by atoms with van der Waals surface area (Å²) >= 11 is 3.52. The van der Waals surface area contributed by atoms with Crippen LogP contribution in [0, 0.1) is 11.8 Å². The van der Waals surface area contributed by atoms with Gasteiger partial charge in [-0.15, -0.1) is 0 Å². The van der Waals surface area contributed by atoms with Crippen molar-refractivity contribution in [3.63, 3.8) is 0 Å². The monoisotopic (exact) mass is 298 g/mol. The van der Waals surface area contributed by atoms with Crippen LogP contribution in [0.1, 0.15) is 39.2 Å². The summed E-state index contributed by atoms with van der Waals surface area (Å²) < 4.78 is 1.09. The molecule has 0 amide bonds. The molecule has 0 aromatic heterocycles. The highest BCUT2D eigenvalue weighted by atomic mass is 79.9. The van der Waals surface area contributed by atoms with E-state index >= 15 is 0 Å². The number of benzene rings is 1. The molecule has 1 rings (SSSR count). The summed E-state index contributed by atoms with van der Waals surface area (Å²) in [4.78, 5) is 0. The van der Waals surface area contributed by atoms with Crippen LogP contribution in [0.15, 0.2) is 28.7 Å². The van der Waals surface area contributed by atoms with Gasteiger partial charge in [-0.25, -0.2) is 0 Å². The Bertz CT molecular complexity index is 335. The van der Waals surface area contributed by atoms with Crippen molar-refractivity contribution < 1.29 is 5.11 Å². The predicted molar refractivity (Wildman–Crippen MR) is 77.1 cm³/mol. The average molecular weight is 299 g/mol. The molecule has 0 saturated carbocycles. The lowest BCUT2D eigenvalue weighted by Gasteiger charge is -2.18. The van der Waals surface area contributed by atoms with E-state index in [1.54, 1.807) is 0 Å². The van der Waals surface area contributed by atoms with Crippen LogP contribution in [0.3, 0.4) is 0 Å². The van der Waals surface area contributed by atoms with Crippen LogP contribution < -0.4 is 0 Å². The first-order valence-corrected chi connectivity index (χ1v) is 7.19. The van der Waals surface area contributed by atoms with Crippen molar-refractivity contribution in [2.45, 2.75) is 46.1 Å². The third-order valence-corrected chi connectivity index (χ3v) is 3.74. The third-order valence-electron chi connectivity index (χ3n) is 2.96. The van der Waals surface area contributed by atoms with Gasteiger partial charge in [0.05, 0.1) is 6.10 Å². The van der Waals surface area contributed by atoms with Gasteiger partial charge < -0.3 is 5.11 Å². The molecule has 0 saturated heterocycles. The highest BCUT2D eigenvalue weighted by Gasteiger charge is 2.13. The number of hydrogen-bond acceptors (Lipinski definition) is 1. The van der Waals surface area contributed by atoms with Gasteiger partial charge in [0.2, 0.25) is 0 Å². The van der Waals surface area contributed by atoms with Gasteiger partial charge in [0.15, 0.2) is 0 Å². The Balaban J connectivity index is 2.44. The van der Waals surface area contributed by atoms with Gasteiger partial charge in [-0.2, -0.15) is 0 Å². The Morgan fingerprint density at radius 1 is 1.12 bits per heavy atom. The van der Waals surface area contributed by atoms with Crippen molar-refractivity contribution in [2.24, 2.45) is 11.8 Å². The SMILES string of the molecule is CC(C)CC(C)CC(O)Cc1ccccc1Br. The summed E-state index contributed by atoms with van der Waals surface area (Å²) in [5, 5.41) is 10.1. The molecule has 2 heteroatoms. The molecule has 1 aromatic rings. The molecule has 1 N–H and O–H groups in total. The molecule has 2 unspecified atom stereocenters. The minimum atomic E-state index is -0.234. The first-order valence-electron chi connectivity index (χ1n) is 6.40. The zero-order valence-corrected chi connectivity index (χ0v) is 12.6. The van der Waals surface area contributed by atoms with Crippen molar-refractivity contribution >= 4 is 15.9 Å². The molecule has 0 aliphatic carbocycles. The van der Waals surface area contributed by atoms with Crippen molar-refractivity contribution in [3.8, 4) is 0 Å². The zero-order chi connectivity index (χ0) is 12.8. The Labute approximate surface area is 113 Å². The summed E-state index contributed by atoms with van der Waals surface area (Å²) in [6.45, 7) is 6.69. The molecule has 17 heavy (non-hydrogen) atoms. The lowest BCUT2D eigenvalue weighted by Crippen LogP contribution is -2.16. The summed E-state index contributed by atoms with van der Waals surface area (Å²) in [5.74, 6) is 1.30. The maximum Gasteiger partial charge on any atom is 0.0583 e. The largest absolute Gasteiger partial charge is 0.393 e. The minimum Gasteiger partial charge on any atom is -0.393 e. The maximum atomic E-state index is 10.1. The molecule has 1 aromatic carbocycles. The molecule has 2 atom stereocenters. The molecular weight excluding hydrogens is 276 g/mol. The molecule has 1 nitrogen and oxygen atoms in total. The average Bonchev–Trinajstić information content (AvgIpc) is 2.19. The summed E-state index contributed by atoms with van der Waals surface area (Å²) in [5.41, 5.74) is 1.19. The summed E-state index contributed by atoms with van der Waals surface area (Å²) in [7, 11) is 0. The van der Waals surface area contributed by atoms with E-state index < -0.39 is 0 Å². The van der Waals surface area contributed by atoms with Crippen LogP contribution in [-0.2, 0) is 6.42 Å². The van der Waals surface area contributed by atoms with Crippen LogP contribution in [0.25, 0.3) is 0 Å². The highest BCUT2D eigenvalue weighted by Crippen LogP contribution is 2.21. The van der Waals surface area contributed by atoms with E-state index in [1.807, 2.05) is 18.2 Å². The fourth-order valence-corrected chi connectivity index (χ4v) is 2.81. The predicted octanol–water partition coefficient (Wildman–Crippen LogP) is 4.42. The minimum absolute atomic E-state index is 0.234. The molecule has 0 fully saturated rings. The molecule has 0 aliphatic heterocycles. The molecular formula is C15H23BrO. The second-order valence-electron chi connectivity index (χ2n) is 5.42. The number of aliphatic hydroxyl groups is 1. The second kappa shape index (κ2) is 7.17. The summed E-state index contributed by atoms with van der Waals surface area (Å²) in [6.07, 6.45) is 2.58. The molecule has 0 heterocycles. The van der Waals surface area contributed by atoms with Crippen molar-refractivity contribution in [1.29, 1.82) is 0 Å². The van der Waals surface area contributed by atoms with Gasteiger partial charge in [-0.3, -0.25) is 0 Å². The third kappa shape index (κ3) is 5.69. The van der Waals surface area contributed by atoms with E-state index in [4.69, 9.17) is 0 Å². The van der Waals surface area contributed by atoms with Gasteiger partial charge >= 0.3 is 0 Å². The lowest BCUT2D eigenvalue weighted by molar-refractivity contribution is 0.140. The first-order chi connectivity index (χ1) is 7.99. The molecule has 0 bridgehead atoms. The standard InChI is InChI=1S/C15H23BrO/c1-11(2)8-12(3)9-14(17)10-13-6-4-5-7-15(13)16/h4-7,11-12,14,17H,8-10H2,1-3H3. The van der Waals surface area contributed by atoms with Gasteiger partial charge in [-0.1, -0.05) is 54.9 Å². The zero-order valence-electron chi connectivity index (χ0n) is 11.0. The normalized spacial score (nSPS) is 14.9. The quantitative estimate of drug-likeness (QED) is 0.824. The summed E-state index contributed by atoms with van der Waals surface area (Å²) in [6, 6.07) is 8.12. The highest BCUT2D eigenvalue weighted by molar-refractivity contribution is 9.10. The van der Waals surface area contributed by atoms with Gasteiger partial charge in [0.1, 0.15) is 0 Å². The van der Waals surface area contributed by atoms with Crippen LogP contribution in [-0.4, -0.2) is 11.2 Å². The topological polar surface area (TPSA) is 20.2 Å². The number of aliphatic hydroxyl groups excluding tert-OH is 1. The van der Waals surface area contributed by atoms with E-state index in [2.05, 4.69) is 42.8 Å². The van der Waals surface area contributed by atoms with Crippen molar-refractivity contribution in [3.05, 3.63) is 34.3 Å². The fraction of sp³-hybridized carbons (Fsp3) is 0.600. The van der Waals surface area contributed by atoms with Gasteiger partial charge in [0, 0.05) is 4.47 Å². The van der Waals surface area contributed by atoms with Crippen molar-refractivity contribution in [1.82, 2.24) is 0 Å². The van der Waals surface area contributed by atoms with Crippen LogP contribution in [0.4, 0.5) is 0 Å². The fourth-order valence-electron chi connectivity index (χ4n) is 2.37. The van der Waals surface area contributed by atoms with E-state index in [-0.39, 0.29) is 6.10 Å². The van der Waals surface area contributed by atoms with E-state index in [0.29, 0.717) is 11.8 Å². The smallest absolute Gasteiger partial charge is 0.0583 e. The second-order valence-corrected chi connectivity index (χ2v) is 6.27. The number of rotatable bonds is 6. The van der Waals surface area contributed by atoms with Crippen molar-refractivity contribution in [2.75, 3.05) is 0 Å². The number of halogens is 1. The molecule has 0 radical (unpaired) electrons. The Morgan fingerprint density at radius 3 is 2.35 bits per heavy atom. The van der Waals surface area contributed by atoms with Gasteiger partial charge in [-0.05, 0) is 42.7 Å². The lowest BCUT2D eigenvalue weighted by atomic mass is 9.91. The van der Waals surface area contributed by atoms with E-state index in [9.17, 15) is 5.11 Å². The van der Waals surface area contributed by atoms with Crippen LogP contribution >= 0.6 is 15.9 Å². The van der Waals surface area contributed by atoms with Crippen LogP contribution in [0.5, 0.6) is 0 Å². The maximum absolute atomic E-state index is 10.1. The first kappa shape index (κ1) is 14.7. The Hall–Kier alpha value is -0.340. The number of hydrogen-bond donors (Lipinski definition) is 1. The molecule has 0 spiro atoms. The van der Waals surface area contributed by atoms with E-state index in [1.165, 1.54) is 12.0 Å². The molecule has 96 valence electrons. The van der Waals surface area contributed by atoms with Gasteiger partial charge in [0.25, 0.3) is 0 Å². The Kier molecular flexibility index (Phi) is 6.21. The van der Waals surface area contributed by atoms with E-state index in [0.717, 1.165) is 17.3 Å². The van der Waals surface area contributed by atoms with Crippen LogP contribution in [0.2, 0.25) is 0 Å².